The van der Waals surface area contributed by atoms with Crippen LogP contribution in [0.2, 0.25) is 0 Å². The summed E-state index contributed by atoms with van der Waals surface area (Å²) >= 11 is 0. The molecule has 0 bridgehead atoms. The molecule has 12 heteroatoms. The Labute approximate surface area is 228 Å². The molecule has 0 amide bonds. The van der Waals surface area contributed by atoms with Crippen molar-refractivity contribution in [1.29, 1.82) is 0 Å². The number of rotatable bonds is 11. The van der Waals surface area contributed by atoms with Crippen LogP contribution in [0.4, 0.5) is 33.3 Å². The van der Waals surface area contributed by atoms with Crippen molar-refractivity contribution in [3.8, 4) is 5.75 Å². The van der Waals surface area contributed by atoms with Crippen molar-refractivity contribution in [2.45, 2.75) is 50.8 Å². The highest BCUT2D eigenvalue weighted by atomic mass is 19.4. The predicted octanol–water partition coefficient (Wildman–Crippen LogP) is 6.38. The van der Waals surface area contributed by atoms with E-state index in [-0.39, 0.29) is 50.2 Å². The van der Waals surface area contributed by atoms with Crippen LogP contribution >= 0.6 is 0 Å². The minimum absolute atomic E-state index is 0.0959. The molecule has 40 heavy (non-hydrogen) atoms. The summed E-state index contributed by atoms with van der Waals surface area (Å²) < 4.78 is 82.4. The number of benzene rings is 2. The van der Waals surface area contributed by atoms with Gasteiger partial charge in [-0.1, -0.05) is 12.1 Å². The predicted molar refractivity (Wildman–Crippen MR) is 138 cm³/mol. The van der Waals surface area contributed by atoms with E-state index in [9.17, 15) is 31.5 Å². The molecule has 4 N–H and O–H groups in total. The lowest BCUT2D eigenvalue weighted by Crippen LogP contribution is -2.39. The zero-order chi connectivity index (χ0) is 29.3. The van der Waals surface area contributed by atoms with E-state index < -0.39 is 36.1 Å². The third-order valence-electron chi connectivity index (χ3n) is 6.44. The standard InChI is InChI=1S/C28H31F5N2O5/c29-27(30,31)20-6-8-21(9-7-20)28(32,33)40-24-10-3-18(4-11-24)5-12-25(36)38-13-1-2-14-39-26(37)19-15-22(34)17-23(35)16-19/h3-5,10-12,15-17,20-21H,1-2,6-9,13-14,34-35H2/b12-5+. The Kier molecular flexibility index (Phi) is 10.4. The number of ether oxygens (including phenoxy) is 3. The number of nitrogen functional groups attached to an aromatic ring is 2. The SMILES string of the molecule is Nc1cc(N)cc(C(=O)OCCCCOC(=O)/C=C/c2ccc(OC(F)(F)C3CCC(C(F)(F)F)CC3)cc2)c1. The number of alkyl halides is 5. The number of hydrogen-bond acceptors (Lipinski definition) is 7. The highest BCUT2D eigenvalue weighted by Crippen LogP contribution is 2.44. The average molecular weight is 571 g/mol. The summed E-state index contributed by atoms with van der Waals surface area (Å²) in [6, 6.07) is 9.93. The van der Waals surface area contributed by atoms with E-state index in [1.54, 1.807) is 0 Å². The zero-order valence-corrected chi connectivity index (χ0v) is 21.6. The normalized spacial score (nSPS) is 17.9. The first kappa shape index (κ1) is 30.7. The molecule has 1 fully saturated rings. The summed E-state index contributed by atoms with van der Waals surface area (Å²) in [4.78, 5) is 23.9. The van der Waals surface area contributed by atoms with Crippen molar-refractivity contribution in [3.05, 3.63) is 59.7 Å². The molecular formula is C28H31F5N2O5. The van der Waals surface area contributed by atoms with Crippen LogP contribution in [0.3, 0.4) is 0 Å². The van der Waals surface area contributed by atoms with Gasteiger partial charge in [0.2, 0.25) is 0 Å². The zero-order valence-electron chi connectivity index (χ0n) is 21.6. The van der Waals surface area contributed by atoms with Crippen LogP contribution < -0.4 is 16.2 Å². The molecule has 0 saturated heterocycles. The summed E-state index contributed by atoms with van der Waals surface area (Å²) in [6.07, 6.45) is -5.70. The van der Waals surface area contributed by atoms with Gasteiger partial charge < -0.3 is 25.7 Å². The van der Waals surface area contributed by atoms with Gasteiger partial charge in [-0.25, -0.2) is 9.59 Å². The molecule has 0 atom stereocenters. The van der Waals surface area contributed by atoms with Gasteiger partial charge >= 0.3 is 24.2 Å². The number of anilines is 2. The van der Waals surface area contributed by atoms with E-state index in [1.165, 1.54) is 54.6 Å². The summed E-state index contributed by atoms with van der Waals surface area (Å²) in [7, 11) is 0. The molecule has 0 aliphatic heterocycles. The van der Waals surface area contributed by atoms with E-state index in [1.807, 2.05) is 0 Å². The average Bonchev–Trinajstić information content (AvgIpc) is 2.89. The van der Waals surface area contributed by atoms with Crippen molar-refractivity contribution >= 4 is 29.4 Å². The third-order valence-corrected chi connectivity index (χ3v) is 6.44. The number of nitrogens with two attached hydrogens (primary N) is 2. The van der Waals surface area contributed by atoms with Crippen LogP contribution in [0.15, 0.2) is 48.5 Å². The van der Waals surface area contributed by atoms with Gasteiger partial charge in [0.15, 0.2) is 0 Å². The first-order chi connectivity index (χ1) is 18.8. The van der Waals surface area contributed by atoms with E-state index in [2.05, 4.69) is 0 Å². The van der Waals surface area contributed by atoms with Crippen molar-refractivity contribution in [1.82, 2.24) is 0 Å². The Bertz CT molecular complexity index is 1160. The maximum atomic E-state index is 14.5. The van der Waals surface area contributed by atoms with Crippen molar-refractivity contribution in [2.75, 3.05) is 24.7 Å². The summed E-state index contributed by atoms with van der Waals surface area (Å²) in [5, 5.41) is 0. The number of carbonyl (C=O) groups excluding carboxylic acids is 2. The molecule has 1 aliphatic carbocycles. The largest absolute Gasteiger partial charge is 0.463 e. The number of hydrogen-bond donors (Lipinski definition) is 2. The van der Waals surface area contributed by atoms with Crippen LogP contribution in [0.1, 0.15) is 54.4 Å². The van der Waals surface area contributed by atoms with Crippen LogP contribution in [0.5, 0.6) is 5.75 Å². The lowest BCUT2D eigenvalue weighted by atomic mass is 9.81. The highest BCUT2D eigenvalue weighted by molar-refractivity contribution is 5.91. The van der Waals surface area contributed by atoms with Gasteiger partial charge in [-0.3, -0.25) is 0 Å². The Morgan fingerprint density at radius 1 is 0.825 bits per heavy atom. The van der Waals surface area contributed by atoms with E-state index in [0.717, 1.165) is 0 Å². The van der Waals surface area contributed by atoms with Gasteiger partial charge in [-0.15, -0.1) is 0 Å². The van der Waals surface area contributed by atoms with E-state index >= 15 is 0 Å². The molecule has 7 nitrogen and oxygen atoms in total. The molecule has 1 saturated carbocycles. The van der Waals surface area contributed by atoms with Crippen LogP contribution in [0, 0.1) is 11.8 Å². The van der Waals surface area contributed by atoms with Crippen molar-refractivity contribution in [2.24, 2.45) is 11.8 Å². The van der Waals surface area contributed by atoms with Crippen LogP contribution in [-0.2, 0) is 14.3 Å². The van der Waals surface area contributed by atoms with Gasteiger partial charge in [-0.2, -0.15) is 22.0 Å². The van der Waals surface area contributed by atoms with Gasteiger partial charge in [0.05, 0.1) is 30.6 Å². The van der Waals surface area contributed by atoms with Gasteiger partial charge in [-0.05, 0) is 80.5 Å². The van der Waals surface area contributed by atoms with Gasteiger partial charge in [0.25, 0.3) is 0 Å². The molecule has 1 aliphatic rings. The molecule has 3 rings (SSSR count). The molecule has 218 valence electrons. The summed E-state index contributed by atoms with van der Waals surface area (Å²) in [6.45, 7) is 0.210. The fourth-order valence-corrected chi connectivity index (χ4v) is 4.28. The second-order valence-corrected chi connectivity index (χ2v) is 9.56. The molecule has 0 radical (unpaired) electrons. The lowest BCUT2D eigenvalue weighted by molar-refractivity contribution is -0.237. The molecular weight excluding hydrogens is 539 g/mol. The Morgan fingerprint density at radius 2 is 1.38 bits per heavy atom. The monoisotopic (exact) mass is 570 g/mol. The first-order valence-corrected chi connectivity index (χ1v) is 12.7. The van der Waals surface area contributed by atoms with E-state index in [4.69, 9.17) is 25.7 Å². The van der Waals surface area contributed by atoms with Crippen LogP contribution in [0.25, 0.3) is 6.08 Å². The Balaban J connectivity index is 1.34. The molecule has 0 aromatic heterocycles. The molecule has 2 aromatic carbocycles. The molecule has 0 unspecified atom stereocenters. The first-order valence-electron chi connectivity index (χ1n) is 12.7. The van der Waals surface area contributed by atoms with Gasteiger partial charge in [0.1, 0.15) is 5.75 Å². The number of esters is 2. The second kappa shape index (κ2) is 13.5. The number of carbonyl (C=O) groups is 2. The summed E-state index contributed by atoms with van der Waals surface area (Å²) in [5.74, 6) is -4.17. The Morgan fingerprint density at radius 3 is 1.95 bits per heavy atom. The minimum atomic E-state index is -4.37. The maximum absolute atomic E-state index is 14.5. The van der Waals surface area contributed by atoms with Crippen LogP contribution in [-0.4, -0.2) is 37.4 Å². The van der Waals surface area contributed by atoms with E-state index in [0.29, 0.717) is 29.8 Å². The van der Waals surface area contributed by atoms with Gasteiger partial charge in [0, 0.05) is 17.5 Å². The number of halogens is 5. The molecule has 2 aromatic rings. The van der Waals surface area contributed by atoms with Crippen molar-refractivity contribution in [3.63, 3.8) is 0 Å². The minimum Gasteiger partial charge on any atom is -0.463 e. The smallest absolute Gasteiger partial charge is 0.400 e. The fourth-order valence-electron chi connectivity index (χ4n) is 4.28. The maximum Gasteiger partial charge on any atom is 0.400 e. The lowest BCUT2D eigenvalue weighted by Gasteiger charge is -2.33. The molecule has 0 heterocycles. The van der Waals surface area contributed by atoms with Crippen molar-refractivity contribution < 1.29 is 45.8 Å². The number of unbranched alkanes of at least 4 members (excludes halogenated alkanes) is 1. The quantitative estimate of drug-likeness (QED) is 0.106. The summed E-state index contributed by atoms with van der Waals surface area (Å²) in [5.41, 5.74) is 12.8. The second-order valence-electron chi connectivity index (χ2n) is 9.56. The Hall–Kier alpha value is -3.83. The molecule has 0 spiro atoms. The highest BCUT2D eigenvalue weighted by Gasteiger charge is 2.48. The fraction of sp³-hybridized carbons (Fsp3) is 0.429. The third kappa shape index (κ3) is 9.42. The topological polar surface area (TPSA) is 114 Å².